The summed E-state index contributed by atoms with van der Waals surface area (Å²) in [5, 5.41) is 112. The molecule has 5 unspecified atom stereocenters. The second-order valence-electron chi connectivity index (χ2n) is 44.9. The first-order chi connectivity index (χ1) is 63.4. The number of nitrogens with zero attached hydrogens (tertiary/aromatic N) is 12. The van der Waals surface area contributed by atoms with E-state index in [9.17, 15) is 57.7 Å². The zero-order valence-electron chi connectivity index (χ0n) is 92.1. The van der Waals surface area contributed by atoms with Gasteiger partial charge in [0.2, 0.25) is 0 Å². The molecule has 0 aliphatic carbocycles. The van der Waals surface area contributed by atoms with Crippen LogP contribution in [0.2, 0.25) is 0 Å². The van der Waals surface area contributed by atoms with Gasteiger partial charge in [0.15, 0.2) is 0 Å². The number of likely N-dealkylation sites (tertiary alicyclic amines) is 12. The molecule has 816 valence electrons. The minimum atomic E-state index is -1.05. The Morgan fingerprint density at radius 2 is 0.346 bits per heavy atom. The quantitative estimate of drug-likeness (QED) is 0.0639. The highest BCUT2D eigenvalue weighted by Gasteiger charge is 2.37. The van der Waals surface area contributed by atoms with Crippen LogP contribution in [0.5, 0.6) is 0 Å². The van der Waals surface area contributed by atoms with Crippen LogP contribution in [0, 0.1) is 11.8 Å². The molecule has 31 heteroatoms. The van der Waals surface area contributed by atoms with Crippen LogP contribution < -0.4 is 0 Å². The van der Waals surface area contributed by atoms with Gasteiger partial charge in [-0.25, -0.2) is 22.0 Å². The van der Waals surface area contributed by atoms with Crippen molar-refractivity contribution in [3.05, 3.63) is 0 Å². The molecule has 12 N–H and O–H groups in total. The van der Waals surface area contributed by atoms with Crippen LogP contribution in [0.15, 0.2) is 0 Å². The molecule has 0 saturated carbocycles. The summed E-state index contributed by atoms with van der Waals surface area (Å²) in [5.41, 5.74) is 0. The van der Waals surface area contributed by atoms with Gasteiger partial charge in [0, 0.05) is 253 Å². The second-order valence-corrected chi connectivity index (χ2v) is 44.9. The highest BCUT2D eigenvalue weighted by molar-refractivity contribution is 4.91. The summed E-state index contributed by atoms with van der Waals surface area (Å²) >= 11 is 0. The maximum Gasteiger partial charge on any atom is 0.139 e. The van der Waals surface area contributed by atoms with Crippen molar-refractivity contribution in [2.75, 3.05) is 152 Å². The summed E-state index contributed by atoms with van der Waals surface area (Å²) in [6.45, 7) is 79.0. The van der Waals surface area contributed by atoms with Crippen LogP contribution in [0.1, 0.15) is 310 Å². The first-order valence-electron chi connectivity index (χ1n) is 53.7. The van der Waals surface area contributed by atoms with Gasteiger partial charge in [0.05, 0.1) is 86.5 Å². The van der Waals surface area contributed by atoms with Crippen LogP contribution in [0.4, 0.5) is 22.0 Å². The molecule has 0 radical (unpaired) electrons. The number of ether oxygens (including phenoxy) is 2. The maximum absolute atomic E-state index is 12.9. The SMILES string of the molecule is CC(C)N1CCC(O)C(F)C1.CC(C)N1CCC(O)CC1C.CC(C)N1CCC(O)C[C@@H]1C.CC(C)N1CC[C@@H](O)C[C@H]1C.CC(C)N1CC[C@@H](O)[C@@H](F)C1.CC(C)N1CC[C@@H](O)[C@H](F)C1.CC(C)N1CC[C@H](O)C[C@@H]1C.CC(C)N1CC[C@H](O)C[C@H]1C.CC(C)N1CC[C@H](O)[C@@H](F)C1.CC(C)N1CC[C@H](O)[C@H](F)C1.COC[C@@H]1CN(C(C)C)CC[C@H]1O.COC[C@H]1CN(C(C)C)CC[C@@H]1O. The molecule has 12 heterocycles. The summed E-state index contributed by atoms with van der Waals surface area (Å²) in [6.07, 6.45) is 4.53. The Hall–Kier alpha value is -1.39. The molecule has 136 heavy (non-hydrogen) atoms. The van der Waals surface area contributed by atoms with Gasteiger partial charge in [-0.3, -0.25) is 49.0 Å². The van der Waals surface area contributed by atoms with Crippen molar-refractivity contribution in [3.63, 3.8) is 0 Å². The van der Waals surface area contributed by atoms with Crippen LogP contribution in [-0.4, -0.2) is 479 Å². The Balaban J connectivity index is 0.000000742. The minimum Gasteiger partial charge on any atom is -0.393 e. The molecule has 12 rings (SSSR count). The molecule has 12 aliphatic heterocycles. The molecule has 24 atom stereocenters. The van der Waals surface area contributed by atoms with Crippen molar-refractivity contribution in [2.24, 2.45) is 11.8 Å². The number of alkyl halides is 5. The molecule has 26 nitrogen and oxygen atoms in total. The number of piperidine rings is 12. The van der Waals surface area contributed by atoms with Gasteiger partial charge in [-0.05, 0) is 310 Å². The van der Waals surface area contributed by atoms with E-state index in [1.807, 2.05) is 69.2 Å². The van der Waals surface area contributed by atoms with Crippen molar-refractivity contribution < 1.29 is 92.7 Å². The fourth-order valence-electron chi connectivity index (χ4n) is 20.4. The lowest BCUT2D eigenvalue weighted by Crippen LogP contribution is -2.47. The number of rotatable bonds is 16. The minimum absolute atomic E-state index is 0.0556. The molecule has 12 aliphatic rings. The summed E-state index contributed by atoms with van der Waals surface area (Å²) in [7, 11) is 3.39. The van der Waals surface area contributed by atoms with E-state index in [1.54, 1.807) is 14.2 Å². The molecular weight excluding hydrogens is 1750 g/mol. The Kier molecular flexibility index (Phi) is 68.7. The van der Waals surface area contributed by atoms with Gasteiger partial charge < -0.3 is 80.6 Å². The number of hydrogen-bond acceptors (Lipinski definition) is 26. The third kappa shape index (κ3) is 52.8. The molecule has 0 spiro atoms. The lowest BCUT2D eigenvalue weighted by Gasteiger charge is -2.38. The van der Waals surface area contributed by atoms with E-state index in [0.717, 1.165) is 169 Å². The Labute approximate surface area is 827 Å². The standard InChI is InChI=1S/2C10H21NO2.5C9H19NO.5C8H16FNO/c2*1-8(2)11-5-4-10(12)9(6-11)7-13-3;5*1-7(2)10-5-4-9(11)6-8(10)3;5*1-6(2)10-4-3-8(11)7(9)5-10/h2*8-10,12H,4-7H2,1-3H3;5*7-9,11H,4-6H2,1-3H3;5*6-8,11H,3-5H2,1-2H3/t2*9-,10+;8-,9?;8-,9+;2*8-,9-;;2*7-,8+;2*7-,8-;/m100110.1010./s1. The van der Waals surface area contributed by atoms with E-state index in [1.165, 1.54) is 0 Å². The van der Waals surface area contributed by atoms with E-state index in [4.69, 9.17) is 35.0 Å². The Morgan fingerprint density at radius 3 is 0.463 bits per heavy atom. The number of hydrogen-bond donors (Lipinski definition) is 12. The van der Waals surface area contributed by atoms with Gasteiger partial charge in [-0.2, -0.15) is 0 Å². The van der Waals surface area contributed by atoms with Gasteiger partial charge in [-0.15, -0.1) is 0 Å². The lowest BCUT2D eigenvalue weighted by atomic mass is 9.94. The van der Waals surface area contributed by atoms with Gasteiger partial charge >= 0.3 is 0 Å². The maximum atomic E-state index is 12.9. The third-order valence-electron chi connectivity index (χ3n) is 29.8. The predicted octanol–water partition coefficient (Wildman–Crippen LogP) is 11.6. The molecular formula is C105H217F5N12O14. The predicted molar refractivity (Wildman–Crippen MR) is 549 cm³/mol. The van der Waals surface area contributed by atoms with Gasteiger partial charge in [-0.1, -0.05) is 0 Å². The van der Waals surface area contributed by atoms with Crippen LogP contribution in [-0.2, 0) is 9.47 Å². The van der Waals surface area contributed by atoms with E-state index < -0.39 is 61.4 Å². The Morgan fingerprint density at radius 1 is 0.206 bits per heavy atom. The fourth-order valence-corrected chi connectivity index (χ4v) is 20.4. The van der Waals surface area contributed by atoms with Crippen molar-refractivity contribution in [1.82, 2.24) is 58.8 Å². The van der Waals surface area contributed by atoms with E-state index in [2.05, 4.69) is 190 Å². The molecule has 0 aromatic heterocycles. The molecule has 0 aromatic rings. The van der Waals surface area contributed by atoms with Crippen LogP contribution in [0.25, 0.3) is 0 Å². The summed E-state index contributed by atoms with van der Waals surface area (Å²) in [5.74, 6) is 0.585. The topological polar surface area (TPSA) is 300 Å². The largest absolute Gasteiger partial charge is 0.393 e. The molecule has 12 saturated heterocycles. The van der Waals surface area contributed by atoms with Crippen molar-refractivity contribution in [3.8, 4) is 0 Å². The van der Waals surface area contributed by atoms with Gasteiger partial charge in [0.25, 0.3) is 0 Å². The lowest BCUT2D eigenvalue weighted by molar-refractivity contribution is -0.0186. The first-order valence-corrected chi connectivity index (χ1v) is 53.7. The second kappa shape index (κ2) is 70.5. The molecule has 12 fully saturated rings. The molecule has 0 bridgehead atoms. The monoisotopic (exact) mass is 1970 g/mol. The third-order valence-corrected chi connectivity index (χ3v) is 29.8. The fraction of sp³-hybridized carbons (Fsp3) is 1.00. The molecule has 0 amide bonds. The van der Waals surface area contributed by atoms with Crippen molar-refractivity contribution in [1.29, 1.82) is 0 Å². The Bertz CT molecular complexity index is 2510. The average Bonchev–Trinajstić information content (AvgIpc) is 0.932. The number of methoxy groups -OCH3 is 2. The van der Waals surface area contributed by atoms with Crippen LogP contribution >= 0.6 is 0 Å². The zero-order chi connectivity index (χ0) is 104. The number of halogens is 5. The summed E-state index contributed by atoms with van der Waals surface area (Å²) < 4.78 is 74.7. The van der Waals surface area contributed by atoms with Crippen LogP contribution in [0.3, 0.4) is 0 Å². The van der Waals surface area contributed by atoms with E-state index in [0.29, 0.717) is 193 Å². The summed E-state index contributed by atoms with van der Waals surface area (Å²) in [6, 6.07) is 8.98. The molecule has 0 aromatic carbocycles. The first kappa shape index (κ1) is 133. The average molecular weight is 1970 g/mol. The van der Waals surface area contributed by atoms with E-state index >= 15 is 0 Å². The highest BCUT2D eigenvalue weighted by Crippen LogP contribution is 2.28. The normalized spacial score (nSPS) is 34.0. The van der Waals surface area contributed by atoms with Gasteiger partial charge in [0.1, 0.15) is 30.9 Å². The summed E-state index contributed by atoms with van der Waals surface area (Å²) in [4.78, 5) is 27.3. The number of aliphatic hydroxyl groups is 12. The van der Waals surface area contributed by atoms with E-state index in [-0.39, 0.29) is 42.7 Å². The van der Waals surface area contributed by atoms with Crippen molar-refractivity contribution in [2.45, 2.75) is 517 Å². The highest BCUT2D eigenvalue weighted by atomic mass is 19.2. The number of aliphatic hydroxyl groups excluding tert-OH is 12. The smallest absolute Gasteiger partial charge is 0.139 e. The zero-order valence-corrected chi connectivity index (χ0v) is 92.1. The van der Waals surface area contributed by atoms with Crippen molar-refractivity contribution >= 4 is 0 Å².